The molecule has 0 bridgehead atoms. The Morgan fingerprint density at radius 2 is 1.41 bits per heavy atom. The molecule has 0 atom stereocenters. The molecule has 0 amide bonds. The summed E-state index contributed by atoms with van der Waals surface area (Å²) >= 11 is 0. The Bertz CT molecular complexity index is 370. The summed E-state index contributed by atoms with van der Waals surface area (Å²) in [6.45, 7) is 2.00. The van der Waals surface area contributed by atoms with Gasteiger partial charge in [-0.1, -0.05) is 26.2 Å². The summed E-state index contributed by atoms with van der Waals surface area (Å²) in [4.78, 5) is 0. The van der Waals surface area contributed by atoms with Crippen molar-refractivity contribution in [3.8, 4) is 0 Å². The van der Waals surface area contributed by atoms with Gasteiger partial charge in [0, 0.05) is 6.42 Å². The number of unbranched alkanes of at least 4 members (excludes halogenated alkanes) is 3. The SMILES string of the molecule is CCCCCCC(OS(N)(=O)=O)OS(N)(=O)=O. The van der Waals surface area contributed by atoms with Gasteiger partial charge >= 0.3 is 20.6 Å². The zero-order valence-electron chi connectivity index (χ0n) is 9.53. The minimum absolute atomic E-state index is 0.0763. The van der Waals surface area contributed by atoms with Crippen molar-refractivity contribution in [3.05, 3.63) is 0 Å². The van der Waals surface area contributed by atoms with Gasteiger partial charge in [-0.05, 0) is 6.42 Å². The van der Waals surface area contributed by atoms with E-state index in [4.69, 9.17) is 0 Å². The fourth-order valence-corrected chi connectivity index (χ4v) is 2.07. The number of nitrogens with two attached hydrogens (primary N) is 2. The van der Waals surface area contributed by atoms with Gasteiger partial charge in [0.2, 0.25) is 0 Å². The maximum Gasteiger partial charge on any atom is 0.335 e. The fraction of sp³-hybridized carbons (Fsp3) is 1.00. The van der Waals surface area contributed by atoms with Gasteiger partial charge < -0.3 is 0 Å². The molecule has 104 valence electrons. The van der Waals surface area contributed by atoms with Crippen LogP contribution in [0.25, 0.3) is 0 Å². The van der Waals surface area contributed by atoms with E-state index < -0.39 is 26.9 Å². The smallest absolute Gasteiger partial charge is 0.225 e. The van der Waals surface area contributed by atoms with Gasteiger partial charge in [0.05, 0.1) is 0 Å². The number of hydrogen-bond acceptors (Lipinski definition) is 6. The summed E-state index contributed by atoms with van der Waals surface area (Å²) in [5.41, 5.74) is 0. The molecule has 0 aliphatic carbocycles. The Kier molecular flexibility index (Phi) is 7.13. The molecule has 4 N–H and O–H groups in total. The topological polar surface area (TPSA) is 139 Å². The summed E-state index contributed by atoms with van der Waals surface area (Å²) in [6.07, 6.45) is 1.84. The van der Waals surface area contributed by atoms with Crippen molar-refractivity contribution in [2.24, 2.45) is 10.3 Å². The Hall–Kier alpha value is -0.260. The molecule has 0 aromatic carbocycles. The second kappa shape index (κ2) is 7.24. The lowest BCUT2D eigenvalue weighted by Crippen LogP contribution is -2.31. The van der Waals surface area contributed by atoms with E-state index >= 15 is 0 Å². The van der Waals surface area contributed by atoms with Crippen LogP contribution in [0.4, 0.5) is 0 Å². The maximum absolute atomic E-state index is 10.7. The minimum atomic E-state index is -4.28. The molecule has 0 rings (SSSR count). The predicted octanol–water partition coefficient (Wildman–Crippen LogP) is -0.277. The Morgan fingerprint density at radius 1 is 0.941 bits per heavy atom. The molecule has 0 radical (unpaired) electrons. The average molecular weight is 290 g/mol. The first-order valence-corrected chi connectivity index (χ1v) is 8.00. The van der Waals surface area contributed by atoms with Crippen LogP contribution in [0.1, 0.15) is 39.0 Å². The standard InChI is InChI=1S/C7H18N2O6S2/c1-2-3-4-5-6-7(14-16(8,10)11)15-17(9,12)13/h7H,2-6H2,1H3,(H2,8,10,11)(H2,9,12,13). The van der Waals surface area contributed by atoms with Crippen LogP contribution < -0.4 is 10.3 Å². The lowest BCUT2D eigenvalue weighted by atomic mass is 10.1. The highest BCUT2D eigenvalue weighted by atomic mass is 32.2. The van der Waals surface area contributed by atoms with Crippen LogP contribution in [0.3, 0.4) is 0 Å². The summed E-state index contributed by atoms with van der Waals surface area (Å²) in [5, 5.41) is 9.24. The van der Waals surface area contributed by atoms with Crippen molar-refractivity contribution >= 4 is 20.6 Å². The molecule has 0 aromatic heterocycles. The number of hydrogen-bond donors (Lipinski definition) is 2. The van der Waals surface area contributed by atoms with Crippen LogP contribution in [0, 0.1) is 0 Å². The van der Waals surface area contributed by atoms with E-state index in [1.165, 1.54) is 0 Å². The highest BCUT2D eigenvalue weighted by Crippen LogP contribution is 2.12. The first-order valence-electron chi connectivity index (χ1n) is 5.06. The van der Waals surface area contributed by atoms with Crippen molar-refractivity contribution in [1.82, 2.24) is 0 Å². The summed E-state index contributed by atoms with van der Waals surface area (Å²) in [5.74, 6) is 0. The molecule has 0 aliphatic rings. The first kappa shape index (κ1) is 16.7. The van der Waals surface area contributed by atoms with E-state index in [0.29, 0.717) is 6.42 Å². The zero-order chi connectivity index (χ0) is 13.5. The molecule has 0 saturated carbocycles. The molecule has 0 fully saturated rings. The number of rotatable bonds is 9. The molecule has 8 nitrogen and oxygen atoms in total. The van der Waals surface area contributed by atoms with E-state index in [1.807, 2.05) is 6.92 Å². The molecule has 0 aliphatic heterocycles. The second-order valence-electron chi connectivity index (χ2n) is 3.46. The second-order valence-corrected chi connectivity index (χ2v) is 5.81. The van der Waals surface area contributed by atoms with Crippen molar-refractivity contribution in [1.29, 1.82) is 0 Å². The monoisotopic (exact) mass is 290 g/mol. The van der Waals surface area contributed by atoms with Gasteiger partial charge in [0.15, 0.2) is 6.29 Å². The van der Waals surface area contributed by atoms with E-state index in [9.17, 15) is 16.8 Å². The van der Waals surface area contributed by atoms with Crippen LogP contribution in [0.15, 0.2) is 0 Å². The molecule has 0 aromatic rings. The Balaban J connectivity index is 4.31. The molecule has 17 heavy (non-hydrogen) atoms. The maximum atomic E-state index is 10.7. The molecule has 0 unspecified atom stereocenters. The third-order valence-electron chi connectivity index (χ3n) is 1.78. The fourth-order valence-electron chi connectivity index (χ4n) is 1.15. The summed E-state index contributed by atoms with van der Waals surface area (Å²) in [7, 11) is -8.57. The highest BCUT2D eigenvalue weighted by molar-refractivity contribution is 7.85. The summed E-state index contributed by atoms with van der Waals surface area (Å²) in [6, 6.07) is 0. The predicted molar refractivity (Wildman–Crippen MR) is 60.9 cm³/mol. The van der Waals surface area contributed by atoms with Crippen LogP contribution in [-0.2, 0) is 29.0 Å². The van der Waals surface area contributed by atoms with Gasteiger partial charge in [0.1, 0.15) is 0 Å². The first-order chi connectivity index (χ1) is 7.64. The highest BCUT2D eigenvalue weighted by Gasteiger charge is 2.21. The van der Waals surface area contributed by atoms with Crippen molar-refractivity contribution in [2.45, 2.75) is 45.3 Å². The van der Waals surface area contributed by atoms with Crippen molar-refractivity contribution < 1.29 is 25.2 Å². The third-order valence-corrected chi connectivity index (χ3v) is 2.74. The quantitative estimate of drug-likeness (QED) is 0.442. The van der Waals surface area contributed by atoms with Crippen molar-refractivity contribution in [2.75, 3.05) is 0 Å². The molecule has 0 saturated heterocycles. The van der Waals surface area contributed by atoms with Crippen LogP contribution in [0.2, 0.25) is 0 Å². The molecule has 0 heterocycles. The zero-order valence-corrected chi connectivity index (χ0v) is 11.2. The van der Waals surface area contributed by atoms with Gasteiger partial charge in [-0.2, -0.15) is 16.8 Å². The van der Waals surface area contributed by atoms with Crippen LogP contribution in [0.5, 0.6) is 0 Å². The average Bonchev–Trinajstić information content (AvgIpc) is 2.06. The minimum Gasteiger partial charge on any atom is -0.225 e. The van der Waals surface area contributed by atoms with E-state index in [0.717, 1.165) is 19.3 Å². The van der Waals surface area contributed by atoms with Crippen LogP contribution in [-0.4, -0.2) is 23.1 Å². The summed E-state index contributed by atoms with van der Waals surface area (Å²) < 4.78 is 51.2. The lowest BCUT2D eigenvalue weighted by Gasteiger charge is -2.14. The largest absolute Gasteiger partial charge is 0.335 e. The molecule has 0 spiro atoms. The van der Waals surface area contributed by atoms with Gasteiger partial charge in [-0.25, -0.2) is 18.6 Å². The van der Waals surface area contributed by atoms with Gasteiger partial charge in [-0.3, -0.25) is 0 Å². The van der Waals surface area contributed by atoms with E-state index in [-0.39, 0.29) is 6.42 Å². The lowest BCUT2D eigenvalue weighted by molar-refractivity contribution is 0.00889. The Morgan fingerprint density at radius 3 is 1.76 bits per heavy atom. The van der Waals surface area contributed by atoms with Gasteiger partial charge in [-0.15, -0.1) is 0 Å². The molecule has 10 heteroatoms. The van der Waals surface area contributed by atoms with Crippen LogP contribution >= 0.6 is 0 Å². The molecular weight excluding hydrogens is 272 g/mol. The van der Waals surface area contributed by atoms with E-state index in [1.54, 1.807) is 0 Å². The van der Waals surface area contributed by atoms with E-state index in [2.05, 4.69) is 18.6 Å². The normalized spacial score (nSPS) is 13.2. The Labute approximate surface area is 102 Å². The third kappa shape index (κ3) is 12.0. The molecular formula is C7H18N2O6S2. The van der Waals surface area contributed by atoms with Gasteiger partial charge in [0.25, 0.3) is 0 Å². The van der Waals surface area contributed by atoms with Crippen molar-refractivity contribution in [3.63, 3.8) is 0 Å².